The summed E-state index contributed by atoms with van der Waals surface area (Å²) in [6.45, 7) is 6.38. The molecule has 0 fully saturated rings. The fourth-order valence-corrected chi connectivity index (χ4v) is 3.68. The maximum Gasteiger partial charge on any atom is 0.332 e. The predicted octanol–water partition coefficient (Wildman–Crippen LogP) is 2.25. The molecule has 0 saturated carbocycles. The summed E-state index contributed by atoms with van der Waals surface area (Å²) in [6, 6.07) is 5.95. The van der Waals surface area contributed by atoms with Crippen molar-refractivity contribution in [1.29, 1.82) is 0 Å². The smallest absolute Gasteiger partial charge is 0.294 e. The molecule has 0 amide bonds. The van der Waals surface area contributed by atoms with E-state index in [2.05, 4.69) is 10.1 Å². The van der Waals surface area contributed by atoms with Gasteiger partial charge in [0.1, 0.15) is 5.82 Å². The van der Waals surface area contributed by atoms with Crippen LogP contribution in [0, 0.1) is 5.82 Å². The van der Waals surface area contributed by atoms with Crippen LogP contribution < -0.4 is 16.3 Å². The van der Waals surface area contributed by atoms with E-state index in [1.165, 1.54) is 10.6 Å². The van der Waals surface area contributed by atoms with Crippen molar-refractivity contribution < 1.29 is 4.39 Å². The minimum absolute atomic E-state index is 0.144. The number of aryl methyl sites for hydroxylation is 1. The average Bonchev–Trinajstić information content (AvgIpc) is 3.10. The molecule has 2 aromatic heterocycles. The number of hydrogen-bond donors (Lipinski definition) is 0. The van der Waals surface area contributed by atoms with E-state index in [4.69, 9.17) is 0 Å². The molecule has 9 heteroatoms. The molecule has 0 saturated heterocycles. The summed E-state index contributed by atoms with van der Waals surface area (Å²) in [5.41, 5.74) is 0.734. The molecule has 3 heterocycles. The van der Waals surface area contributed by atoms with Gasteiger partial charge in [-0.2, -0.15) is 10.1 Å². The number of hydrazone groups is 1. The molecule has 152 valence electrons. The van der Waals surface area contributed by atoms with Gasteiger partial charge in [-0.25, -0.2) is 14.2 Å². The lowest BCUT2D eigenvalue weighted by Crippen LogP contribution is -2.40. The van der Waals surface area contributed by atoms with Crippen molar-refractivity contribution in [3.63, 3.8) is 0 Å². The number of imidazole rings is 1. The topological polar surface area (TPSA) is 77.4 Å². The Morgan fingerprint density at radius 1 is 1.21 bits per heavy atom. The van der Waals surface area contributed by atoms with E-state index in [9.17, 15) is 14.0 Å². The minimum atomic E-state index is -0.534. The third kappa shape index (κ3) is 2.88. The van der Waals surface area contributed by atoms with Crippen LogP contribution in [0.4, 0.5) is 10.3 Å². The number of nitrogens with zero attached hydrogens (tertiary/aromatic N) is 6. The van der Waals surface area contributed by atoms with Gasteiger partial charge in [0.05, 0.1) is 18.3 Å². The van der Waals surface area contributed by atoms with Crippen LogP contribution in [0.25, 0.3) is 11.2 Å². The van der Waals surface area contributed by atoms with Gasteiger partial charge in [-0.1, -0.05) is 25.1 Å². The van der Waals surface area contributed by atoms with Crippen LogP contribution in [0.3, 0.4) is 0 Å². The Labute approximate surface area is 166 Å². The van der Waals surface area contributed by atoms with Gasteiger partial charge in [0.15, 0.2) is 11.2 Å². The van der Waals surface area contributed by atoms with Crippen LogP contribution in [-0.4, -0.2) is 30.9 Å². The molecule has 1 aliphatic heterocycles. The van der Waals surface area contributed by atoms with Gasteiger partial charge in [-0.3, -0.25) is 18.5 Å². The molecule has 1 atom stereocenters. The lowest BCUT2D eigenvalue weighted by atomic mass is 10.2. The van der Waals surface area contributed by atoms with Crippen molar-refractivity contribution in [2.75, 3.05) is 11.6 Å². The second-order valence-electron chi connectivity index (χ2n) is 7.32. The van der Waals surface area contributed by atoms with E-state index in [-0.39, 0.29) is 18.2 Å². The Hall–Kier alpha value is -3.23. The van der Waals surface area contributed by atoms with Gasteiger partial charge in [0.2, 0.25) is 5.95 Å². The number of hydrogen-bond acceptors (Lipinski definition) is 5. The molecule has 0 N–H and O–H groups in total. The van der Waals surface area contributed by atoms with E-state index >= 15 is 0 Å². The van der Waals surface area contributed by atoms with Gasteiger partial charge >= 0.3 is 5.69 Å². The Morgan fingerprint density at radius 3 is 2.62 bits per heavy atom. The molecule has 1 aromatic carbocycles. The first-order valence-electron chi connectivity index (χ1n) is 9.63. The molecule has 3 aromatic rings. The van der Waals surface area contributed by atoms with Crippen LogP contribution >= 0.6 is 0 Å². The number of benzene rings is 1. The monoisotopic (exact) mass is 398 g/mol. The van der Waals surface area contributed by atoms with Crippen molar-refractivity contribution in [2.45, 2.75) is 39.8 Å². The number of rotatable bonds is 4. The van der Waals surface area contributed by atoms with Crippen LogP contribution in [0.1, 0.15) is 38.8 Å². The highest BCUT2D eigenvalue weighted by atomic mass is 19.1. The summed E-state index contributed by atoms with van der Waals surface area (Å²) in [5, 5.41) is 6.36. The second kappa shape index (κ2) is 6.98. The number of anilines is 1. The molecular formula is C20H23FN6O2. The maximum absolute atomic E-state index is 14.2. The highest BCUT2D eigenvalue weighted by Crippen LogP contribution is 2.29. The Morgan fingerprint density at radius 2 is 1.93 bits per heavy atom. The first kappa shape index (κ1) is 19.1. The zero-order chi connectivity index (χ0) is 20.9. The Kier molecular flexibility index (Phi) is 4.60. The molecule has 29 heavy (non-hydrogen) atoms. The fourth-order valence-electron chi connectivity index (χ4n) is 3.68. The largest absolute Gasteiger partial charge is 0.332 e. The maximum atomic E-state index is 14.2. The Bertz CT molecular complexity index is 1250. The fraction of sp³-hybridized carbons (Fsp3) is 0.400. The first-order valence-corrected chi connectivity index (χ1v) is 9.63. The van der Waals surface area contributed by atoms with E-state index < -0.39 is 17.1 Å². The van der Waals surface area contributed by atoms with Crippen LogP contribution in [0.5, 0.6) is 0 Å². The summed E-state index contributed by atoms with van der Waals surface area (Å²) in [7, 11) is 1.57. The van der Waals surface area contributed by atoms with Gasteiger partial charge < -0.3 is 0 Å². The second-order valence-corrected chi connectivity index (χ2v) is 7.32. The lowest BCUT2D eigenvalue weighted by molar-refractivity contribution is 0.580. The molecule has 1 aliphatic rings. The molecule has 4 rings (SSSR count). The highest BCUT2D eigenvalue weighted by molar-refractivity contribution is 5.91. The van der Waals surface area contributed by atoms with Gasteiger partial charge in [0.25, 0.3) is 5.56 Å². The highest BCUT2D eigenvalue weighted by Gasteiger charge is 2.30. The standard InChI is InChI=1S/C20H23FN6O2/c1-5-10-26-19-22-17-16(27(19)13(3)12(2)23-26)18(28)25(20(29)24(17)4)11-14-8-6-7-9-15(14)21/h6-9,13H,5,10-11H2,1-4H3/t13-/m0/s1. The van der Waals surface area contributed by atoms with E-state index in [0.717, 1.165) is 16.7 Å². The number of aromatic nitrogens is 4. The normalized spacial score (nSPS) is 16.2. The molecule has 0 bridgehead atoms. The minimum Gasteiger partial charge on any atom is -0.294 e. The molecular weight excluding hydrogens is 375 g/mol. The van der Waals surface area contributed by atoms with Crippen molar-refractivity contribution >= 4 is 22.8 Å². The summed E-state index contributed by atoms with van der Waals surface area (Å²) in [5.74, 6) is 0.0815. The molecule has 8 nitrogen and oxygen atoms in total. The third-order valence-corrected chi connectivity index (χ3v) is 5.38. The third-order valence-electron chi connectivity index (χ3n) is 5.38. The zero-order valence-electron chi connectivity index (χ0n) is 16.9. The van der Waals surface area contributed by atoms with Gasteiger partial charge in [0, 0.05) is 19.2 Å². The number of halogens is 1. The van der Waals surface area contributed by atoms with Crippen molar-refractivity contribution in [2.24, 2.45) is 12.1 Å². The van der Waals surface area contributed by atoms with Gasteiger partial charge in [-0.05, 0) is 26.3 Å². The van der Waals surface area contributed by atoms with Crippen molar-refractivity contribution in [3.05, 3.63) is 56.5 Å². The lowest BCUT2D eigenvalue weighted by Gasteiger charge is -2.28. The molecule has 0 radical (unpaired) electrons. The zero-order valence-corrected chi connectivity index (χ0v) is 16.9. The number of fused-ring (bicyclic) bond motifs is 3. The van der Waals surface area contributed by atoms with Crippen LogP contribution in [0.2, 0.25) is 0 Å². The molecule has 0 unspecified atom stereocenters. The van der Waals surface area contributed by atoms with Crippen molar-refractivity contribution in [3.8, 4) is 0 Å². The van der Waals surface area contributed by atoms with Crippen molar-refractivity contribution in [1.82, 2.24) is 18.7 Å². The molecule has 0 spiro atoms. The first-order chi connectivity index (χ1) is 13.8. The SMILES string of the molecule is CCCN1N=C(C)[C@H](C)n2c1nc1c2c(=O)n(Cc2ccccc2F)c(=O)n1C. The summed E-state index contributed by atoms with van der Waals surface area (Å²) >= 11 is 0. The van der Waals surface area contributed by atoms with Crippen LogP contribution in [-0.2, 0) is 13.6 Å². The summed E-state index contributed by atoms with van der Waals surface area (Å²) < 4.78 is 18.4. The van der Waals surface area contributed by atoms with Crippen LogP contribution in [0.15, 0.2) is 39.0 Å². The summed E-state index contributed by atoms with van der Waals surface area (Å²) in [6.07, 6.45) is 0.852. The summed E-state index contributed by atoms with van der Waals surface area (Å²) in [4.78, 5) is 30.9. The van der Waals surface area contributed by atoms with E-state index in [1.54, 1.807) is 30.3 Å². The van der Waals surface area contributed by atoms with Gasteiger partial charge in [-0.15, -0.1) is 0 Å². The Balaban J connectivity index is 2.00. The van der Waals surface area contributed by atoms with E-state index in [0.29, 0.717) is 23.7 Å². The average molecular weight is 398 g/mol. The predicted molar refractivity (Wildman–Crippen MR) is 110 cm³/mol. The van der Waals surface area contributed by atoms with E-state index in [1.807, 2.05) is 25.3 Å². The quantitative estimate of drug-likeness (QED) is 0.675. The molecule has 0 aliphatic carbocycles.